The van der Waals surface area contributed by atoms with Crippen molar-refractivity contribution in [1.29, 1.82) is 0 Å². The first kappa shape index (κ1) is 15.7. The molecule has 6 heteroatoms. The first-order valence-corrected chi connectivity index (χ1v) is 8.22. The fourth-order valence-corrected chi connectivity index (χ4v) is 2.95. The molecule has 2 aromatic rings. The topological polar surface area (TPSA) is 59.8 Å². The van der Waals surface area contributed by atoms with Gasteiger partial charge in [0.1, 0.15) is 12.7 Å². The van der Waals surface area contributed by atoms with Crippen LogP contribution in [0.15, 0.2) is 42.5 Å². The van der Waals surface area contributed by atoms with Gasteiger partial charge in [0.25, 0.3) is 5.91 Å². The van der Waals surface area contributed by atoms with Crippen LogP contribution < -0.4 is 5.32 Å². The molecule has 3 rings (SSSR count). The Morgan fingerprint density at radius 1 is 1.26 bits per heavy atom. The maximum absolute atomic E-state index is 12.4. The smallest absolute Gasteiger partial charge is 0.252 e. The Bertz CT molecular complexity index is 709. The molecule has 1 heterocycles. The molecule has 0 bridgehead atoms. The maximum Gasteiger partial charge on any atom is 0.252 e. The second kappa shape index (κ2) is 7.42. The van der Waals surface area contributed by atoms with Crippen molar-refractivity contribution in [3.8, 4) is 5.69 Å². The Balaban J connectivity index is 1.64. The number of allylic oxidation sites excluding steroid dienone is 1. The van der Waals surface area contributed by atoms with E-state index in [0.29, 0.717) is 17.1 Å². The summed E-state index contributed by atoms with van der Waals surface area (Å²) in [6.45, 7) is 0.637. The molecule has 1 N–H and O–H groups in total. The zero-order valence-corrected chi connectivity index (χ0v) is 13.6. The van der Waals surface area contributed by atoms with Crippen molar-refractivity contribution in [3.05, 3.63) is 53.1 Å². The molecule has 0 aliphatic heterocycles. The highest BCUT2D eigenvalue weighted by Crippen LogP contribution is 2.21. The van der Waals surface area contributed by atoms with E-state index >= 15 is 0 Å². The van der Waals surface area contributed by atoms with Gasteiger partial charge in [0.05, 0.1) is 10.6 Å². The number of halogens is 1. The Morgan fingerprint density at radius 2 is 2.09 bits per heavy atom. The molecule has 0 saturated carbocycles. The van der Waals surface area contributed by atoms with E-state index in [1.54, 1.807) is 29.4 Å². The fraction of sp³-hybridized carbons (Fsp3) is 0.353. The molecule has 0 atom stereocenters. The van der Waals surface area contributed by atoms with Crippen molar-refractivity contribution in [2.24, 2.45) is 0 Å². The molecular formula is C17H19ClN4O. The van der Waals surface area contributed by atoms with Crippen molar-refractivity contribution in [3.63, 3.8) is 0 Å². The van der Waals surface area contributed by atoms with Gasteiger partial charge in [0.15, 0.2) is 0 Å². The molecule has 1 aromatic heterocycles. The third-order valence-electron chi connectivity index (χ3n) is 4.03. The Morgan fingerprint density at radius 3 is 2.83 bits per heavy atom. The van der Waals surface area contributed by atoms with Gasteiger partial charge in [-0.25, -0.2) is 0 Å². The molecule has 5 nitrogen and oxygen atoms in total. The van der Waals surface area contributed by atoms with E-state index in [4.69, 9.17) is 11.6 Å². The minimum absolute atomic E-state index is 0.152. The molecule has 0 fully saturated rings. The molecule has 0 radical (unpaired) electrons. The number of hydrogen-bond acceptors (Lipinski definition) is 3. The Hall–Kier alpha value is -2.14. The van der Waals surface area contributed by atoms with Crippen LogP contribution in [-0.4, -0.2) is 27.2 Å². The summed E-state index contributed by atoms with van der Waals surface area (Å²) >= 11 is 6.17. The van der Waals surface area contributed by atoms with Crippen LogP contribution in [0.5, 0.6) is 0 Å². The van der Waals surface area contributed by atoms with Crippen LogP contribution in [0.3, 0.4) is 0 Å². The minimum Gasteiger partial charge on any atom is -0.352 e. The lowest BCUT2D eigenvalue weighted by Gasteiger charge is -2.13. The van der Waals surface area contributed by atoms with Crippen LogP contribution in [0.1, 0.15) is 42.5 Å². The summed E-state index contributed by atoms with van der Waals surface area (Å²) in [5.41, 5.74) is 2.72. The van der Waals surface area contributed by atoms with E-state index in [2.05, 4.69) is 21.6 Å². The van der Waals surface area contributed by atoms with Gasteiger partial charge in [0, 0.05) is 12.2 Å². The van der Waals surface area contributed by atoms with Crippen LogP contribution in [0.2, 0.25) is 5.02 Å². The number of amides is 1. The van der Waals surface area contributed by atoms with Crippen molar-refractivity contribution >= 4 is 17.5 Å². The summed E-state index contributed by atoms with van der Waals surface area (Å²) in [5.74, 6) is -0.152. The highest BCUT2D eigenvalue weighted by Gasteiger charge is 2.12. The van der Waals surface area contributed by atoms with Gasteiger partial charge in [-0.15, -0.1) is 10.2 Å². The Kier molecular flexibility index (Phi) is 5.08. The number of carbonyl (C=O) groups excluding carboxylic acids is 1. The lowest BCUT2D eigenvalue weighted by Crippen LogP contribution is -2.25. The van der Waals surface area contributed by atoms with Gasteiger partial charge in [-0.2, -0.15) is 0 Å². The maximum atomic E-state index is 12.4. The van der Waals surface area contributed by atoms with Crippen molar-refractivity contribution < 1.29 is 4.79 Å². The first-order valence-electron chi connectivity index (χ1n) is 7.85. The summed E-state index contributed by atoms with van der Waals surface area (Å²) in [6.07, 6.45) is 11.2. The standard InChI is InChI=1S/C17H19ClN4O/c18-16-7-6-14(22-11-20-21-12-22)10-15(16)17(23)19-9-8-13-4-2-1-3-5-13/h4,6-7,10-12H,1-3,5,8-9H2,(H,19,23). The van der Waals surface area contributed by atoms with Crippen LogP contribution in [-0.2, 0) is 0 Å². The van der Waals surface area contributed by atoms with Crippen LogP contribution in [0, 0.1) is 0 Å². The molecule has 1 aliphatic rings. The molecule has 1 aromatic carbocycles. The van der Waals surface area contributed by atoms with Gasteiger partial charge in [-0.05, 0) is 50.3 Å². The fourth-order valence-electron chi connectivity index (χ4n) is 2.75. The van der Waals surface area contributed by atoms with E-state index in [1.165, 1.54) is 18.4 Å². The van der Waals surface area contributed by atoms with Gasteiger partial charge in [-0.1, -0.05) is 23.3 Å². The summed E-state index contributed by atoms with van der Waals surface area (Å²) in [4.78, 5) is 12.4. The Labute approximate surface area is 140 Å². The third kappa shape index (κ3) is 3.99. The number of hydrogen-bond donors (Lipinski definition) is 1. The SMILES string of the molecule is O=C(NCCC1=CCCCC1)c1cc(-n2cnnc2)ccc1Cl. The predicted octanol–water partition coefficient (Wildman–Crippen LogP) is 3.54. The summed E-state index contributed by atoms with van der Waals surface area (Å²) < 4.78 is 1.74. The van der Waals surface area contributed by atoms with Crippen molar-refractivity contribution in [1.82, 2.24) is 20.1 Å². The van der Waals surface area contributed by atoms with Crippen molar-refractivity contribution in [2.45, 2.75) is 32.1 Å². The van der Waals surface area contributed by atoms with Gasteiger partial charge in [-0.3, -0.25) is 9.36 Å². The zero-order valence-electron chi connectivity index (χ0n) is 12.8. The number of carbonyl (C=O) groups is 1. The van der Waals surface area contributed by atoms with Gasteiger partial charge >= 0.3 is 0 Å². The average molecular weight is 331 g/mol. The van der Waals surface area contributed by atoms with Gasteiger partial charge < -0.3 is 5.32 Å². The monoisotopic (exact) mass is 330 g/mol. The van der Waals surface area contributed by atoms with Crippen LogP contribution in [0.4, 0.5) is 0 Å². The lowest BCUT2D eigenvalue weighted by molar-refractivity contribution is 0.0954. The molecule has 1 aliphatic carbocycles. The normalized spacial score (nSPS) is 14.4. The third-order valence-corrected chi connectivity index (χ3v) is 4.36. The van der Waals surface area contributed by atoms with E-state index in [9.17, 15) is 4.79 Å². The van der Waals surface area contributed by atoms with Gasteiger partial charge in [0.2, 0.25) is 0 Å². The van der Waals surface area contributed by atoms with E-state index in [0.717, 1.165) is 24.9 Å². The first-order chi connectivity index (χ1) is 11.2. The molecule has 0 unspecified atom stereocenters. The summed E-state index contributed by atoms with van der Waals surface area (Å²) in [6, 6.07) is 5.30. The number of nitrogens with zero attached hydrogens (tertiary/aromatic N) is 3. The largest absolute Gasteiger partial charge is 0.352 e. The highest BCUT2D eigenvalue weighted by atomic mass is 35.5. The number of nitrogens with one attached hydrogen (secondary N) is 1. The van der Waals surface area contributed by atoms with E-state index in [-0.39, 0.29) is 5.91 Å². The quantitative estimate of drug-likeness (QED) is 0.853. The molecule has 1 amide bonds. The average Bonchev–Trinajstić information content (AvgIpc) is 3.10. The second-order valence-electron chi connectivity index (χ2n) is 5.65. The van der Waals surface area contributed by atoms with E-state index in [1.807, 2.05) is 6.07 Å². The molecule has 0 saturated heterocycles. The lowest BCUT2D eigenvalue weighted by atomic mass is 9.97. The summed E-state index contributed by atoms with van der Waals surface area (Å²) in [5, 5.41) is 10.9. The van der Waals surface area contributed by atoms with Crippen molar-refractivity contribution in [2.75, 3.05) is 6.54 Å². The predicted molar refractivity (Wildman–Crippen MR) is 89.9 cm³/mol. The molecular weight excluding hydrogens is 312 g/mol. The van der Waals surface area contributed by atoms with Crippen LogP contribution >= 0.6 is 11.6 Å². The zero-order chi connectivity index (χ0) is 16.1. The molecule has 0 spiro atoms. The number of benzene rings is 1. The minimum atomic E-state index is -0.152. The van der Waals surface area contributed by atoms with Crippen LogP contribution in [0.25, 0.3) is 5.69 Å². The number of rotatable bonds is 5. The molecule has 120 valence electrons. The molecule has 23 heavy (non-hydrogen) atoms. The highest BCUT2D eigenvalue weighted by molar-refractivity contribution is 6.33. The van der Waals surface area contributed by atoms with E-state index < -0.39 is 0 Å². The number of aromatic nitrogens is 3. The second-order valence-corrected chi connectivity index (χ2v) is 6.05. The summed E-state index contributed by atoms with van der Waals surface area (Å²) in [7, 11) is 0.